The zero-order valence-corrected chi connectivity index (χ0v) is 18.4. The van der Waals surface area contributed by atoms with E-state index in [2.05, 4.69) is 0 Å². The van der Waals surface area contributed by atoms with Crippen LogP contribution in [0.5, 0.6) is 0 Å². The molecule has 0 aromatic carbocycles. The number of esters is 1. The molecule has 3 fully saturated rings. The topological polar surface area (TPSA) is 138 Å². The number of fused-ring (bicyclic) bond motifs is 5. The van der Waals surface area contributed by atoms with E-state index < -0.39 is 76.7 Å². The minimum absolute atomic E-state index is 0.0132. The third-order valence-electron chi connectivity index (χ3n) is 8.91. The third-order valence-corrected chi connectivity index (χ3v) is 8.91. The van der Waals surface area contributed by atoms with E-state index in [1.54, 1.807) is 0 Å². The van der Waals surface area contributed by atoms with Gasteiger partial charge in [-0.3, -0.25) is 19.2 Å². The van der Waals surface area contributed by atoms with Gasteiger partial charge in [0.1, 0.15) is 11.7 Å². The second kappa shape index (κ2) is 7.01. The van der Waals surface area contributed by atoms with Crippen LogP contribution in [0.1, 0.15) is 52.9 Å². The minimum Gasteiger partial charge on any atom is -0.458 e. The van der Waals surface area contributed by atoms with Crippen LogP contribution in [-0.2, 0) is 23.9 Å². The largest absolute Gasteiger partial charge is 0.458 e. The van der Waals surface area contributed by atoms with E-state index in [1.165, 1.54) is 13.8 Å². The van der Waals surface area contributed by atoms with E-state index in [1.807, 2.05) is 0 Å². The van der Waals surface area contributed by atoms with Gasteiger partial charge in [-0.1, -0.05) is 13.8 Å². The van der Waals surface area contributed by atoms with E-state index in [9.17, 15) is 34.5 Å². The number of hydrogen-bond acceptors (Lipinski definition) is 8. The van der Waals surface area contributed by atoms with Gasteiger partial charge in [0.25, 0.3) is 0 Å². The normalized spacial score (nSPS) is 47.8. The average molecular weight is 452 g/mol. The highest BCUT2D eigenvalue weighted by atomic mass is 19.1. The summed E-state index contributed by atoms with van der Waals surface area (Å²) in [5.74, 6) is -4.81. The fraction of sp³-hybridized carbons (Fsp3) is 0.739. The van der Waals surface area contributed by atoms with Crippen LogP contribution in [0.4, 0.5) is 4.39 Å². The van der Waals surface area contributed by atoms with E-state index in [-0.39, 0.29) is 37.0 Å². The average Bonchev–Trinajstić information content (AvgIpc) is 2.98. The van der Waals surface area contributed by atoms with E-state index in [0.29, 0.717) is 0 Å². The number of aliphatic hydroxyl groups excluding tert-OH is 2. The molecule has 4 aliphatic carbocycles. The van der Waals surface area contributed by atoms with Crippen molar-refractivity contribution in [3.63, 3.8) is 0 Å². The molecular formula is C23H29FO8. The van der Waals surface area contributed by atoms with Gasteiger partial charge in [0, 0.05) is 36.5 Å². The van der Waals surface area contributed by atoms with Gasteiger partial charge in [0.15, 0.2) is 23.8 Å². The van der Waals surface area contributed by atoms with Crippen molar-refractivity contribution in [2.75, 3.05) is 6.61 Å². The Bertz CT molecular complexity index is 944. The van der Waals surface area contributed by atoms with Crippen LogP contribution in [0.3, 0.4) is 0 Å². The third kappa shape index (κ3) is 2.64. The van der Waals surface area contributed by atoms with Crippen LogP contribution in [-0.4, -0.2) is 68.7 Å². The summed E-state index contributed by atoms with van der Waals surface area (Å²) < 4.78 is 21.7. The first-order valence-electron chi connectivity index (χ1n) is 11.0. The molecule has 8 atom stereocenters. The number of carbonyl (C=O) groups excluding carboxylic acids is 4. The summed E-state index contributed by atoms with van der Waals surface area (Å²) in [5.41, 5.74) is -7.48. The summed E-state index contributed by atoms with van der Waals surface area (Å²) in [6, 6.07) is 0. The quantitative estimate of drug-likeness (QED) is 0.529. The molecule has 0 aliphatic heterocycles. The first-order chi connectivity index (χ1) is 14.7. The minimum atomic E-state index is -2.56. The van der Waals surface area contributed by atoms with Gasteiger partial charge in [-0.05, 0) is 36.8 Å². The van der Waals surface area contributed by atoms with Crippen LogP contribution in [0, 0.1) is 22.7 Å². The van der Waals surface area contributed by atoms with Gasteiger partial charge >= 0.3 is 5.97 Å². The Morgan fingerprint density at radius 2 is 1.88 bits per heavy atom. The molecule has 8 nitrogen and oxygen atoms in total. The molecule has 9 heteroatoms. The Labute approximate surface area is 184 Å². The summed E-state index contributed by atoms with van der Waals surface area (Å²) in [7, 11) is 0. The van der Waals surface area contributed by atoms with Crippen LogP contribution in [0.25, 0.3) is 0 Å². The summed E-state index contributed by atoms with van der Waals surface area (Å²) in [5, 5.41) is 33.2. The fourth-order valence-corrected chi connectivity index (χ4v) is 7.05. The second-order valence-electron chi connectivity index (χ2n) is 10.3. The molecule has 32 heavy (non-hydrogen) atoms. The number of carbonyl (C=O) groups is 4. The van der Waals surface area contributed by atoms with Crippen molar-refractivity contribution in [1.29, 1.82) is 0 Å². The van der Waals surface area contributed by atoms with Crippen molar-refractivity contribution >= 4 is 23.3 Å². The molecule has 0 aromatic rings. The van der Waals surface area contributed by atoms with Gasteiger partial charge in [0.05, 0.1) is 6.10 Å². The first kappa shape index (κ1) is 23.2. The molecule has 4 aliphatic rings. The number of ketones is 3. The van der Waals surface area contributed by atoms with Crippen molar-refractivity contribution in [2.45, 2.75) is 76.4 Å². The maximum absolute atomic E-state index is 17.0. The number of aliphatic hydroxyl groups is 3. The maximum atomic E-state index is 17.0. The molecular weight excluding hydrogens is 423 g/mol. The molecule has 0 aromatic heterocycles. The van der Waals surface area contributed by atoms with Gasteiger partial charge in [-0.15, -0.1) is 0 Å². The Hall–Kier alpha value is -1.97. The molecule has 0 bridgehead atoms. The molecule has 0 radical (unpaired) electrons. The Morgan fingerprint density at radius 1 is 1.22 bits per heavy atom. The maximum Gasteiger partial charge on any atom is 0.303 e. The number of ether oxygens (including phenoxy) is 1. The molecule has 0 unspecified atom stereocenters. The number of rotatable bonds is 3. The predicted molar refractivity (Wildman–Crippen MR) is 107 cm³/mol. The SMILES string of the molecule is CC(=O)OCC(=O)[C@@]1(O)CC[C@H]2[C@@H]3[C@@H](O)[C@@H](O)C4=CC(=O)CC[C@]4(C)[C@@]3(F)C(=O)C[C@@]21C. The first-order valence-corrected chi connectivity index (χ1v) is 11.0. The highest BCUT2D eigenvalue weighted by Gasteiger charge is 2.77. The van der Waals surface area contributed by atoms with Crippen LogP contribution in [0.2, 0.25) is 0 Å². The number of hydrogen-bond donors (Lipinski definition) is 3. The van der Waals surface area contributed by atoms with E-state index in [4.69, 9.17) is 4.74 Å². The van der Waals surface area contributed by atoms with Crippen LogP contribution >= 0.6 is 0 Å². The Balaban J connectivity index is 1.80. The van der Waals surface area contributed by atoms with Crippen molar-refractivity contribution in [3.8, 4) is 0 Å². The van der Waals surface area contributed by atoms with Gasteiger partial charge in [-0.2, -0.15) is 0 Å². The van der Waals surface area contributed by atoms with Crippen molar-refractivity contribution in [1.82, 2.24) is 0 Å². The Kier molecular flexibility index (Phi) is 5.08. The highest BCUT2D eigenvalue weighted by Crippen LogP contribution is 2.69. The number of Topliss-reactive ketones (excluding diaryl/α,β-unsaturated/α-hetero) is 2. The molecule has 0 spiro atoms. The molecule has 4 rings (SSSR count). The molecule has 3 N–H and O–H groups in total. The molecule has 3 saturated carbocycles. The van der Waals surface area contributed by atoms with Crippen molar-refractivity contribution in [3.05, 3.63) is 11.6 Å². The predicted octanol–water partition coefficient (Wildman–Crippen LogP) is 0.594. The number of halogens is 1. The summed E-state index contributed by atoms with van der Waals surface area (Å²) in [4.78, 5) is 49.5. The molecule has 0 amide bonds. The smallest absolute Gasteiger partial charge is 0.303 e. The fourth-order valence-electron chi connectivity index (χ4n) is 7.05. The second-order valence-corrected chi connectivity index (χ2v) is 10.3. The summed E-state index contributed by atoms with van der Waals surface area (Å²) in [6.45, 7) is 3.47. The van der Waals surface area contributed by atoms with Crippen molar-refractivity contribution in [2.24, 2.45) is 22.7 Å². The van der Waals surface area contributed by atoms with Crippen LogP contribution < -0.4 is 0 Å². The molecule has 0 saturated heterocycles. The number of alkyl halides is 1. The summed E-state index contributed by atoms with van der Waals surface area (Å²) in [6.07, 6.45) is -2.46. The zero-order chi connectivity index (χ0) is 23.9. The van der Waals surface area contributed by atoms with E-state index in [0.717, 1.165) is 13.0 Å². The molecule has 176 valence electrons. The molecule has 0 heterocycles. The van der Waals surface area contributed by atoms with Gasteiger partial charge in [-0.25, -0.2) is 4.39 Å². The van der Waals surface area contributed by atoms with Gasteiger partial charge < -0.3 is 20.1 Å². The lowest BCUT2D eigenvalue weighted by Crippen LogP contribution is -2.73. The summed E-state index contributed by atoms with van der Waals surface area (Å²) >= 11 is 0. The van der Waals surface area contributed by atoms with Gasteiger partial charge in [0.2, 0.25) is 5.78 Å². The van der Waals surface area contributed by atoms with Crippen LogP contribution in [0.15, 0.2) is 11.6 Å². The lowest BCUT2D eigenvalue weighted by atomic mass is 9.43. The monoisotopic (exact) mass is 452 g/mol. The lowest BCUT2D eigenvalue weighted by molar-refractivity contribution is -0.216. The zero-order valence-electron chi connectivity index (χ0n) is 18.4. The standard InChI is InChI=1S/C23H29FO8/c1-11(25)32-10-16(28)22(31)7-5-13-17-19(30)18(29)14-8-12(26)4-6-20(14,2)23(17,24)15(27)9-21(13,22)3/h8,13,17-19,29-31H,4-7,9-10H2,1-3H3/t13-,17+,18-,19+,20-,21-,22-,23+/m0/s1. The lowest BCUT2D eigenvalue weighted by Gasteiger charge is -2.62. The van der Waals surface area contributed by atoms with E-state index >= 15 is 4.39 Å². The highest BCUT2D eigenvalue weighted by molar-refractivity contribution is 5.97. The van der Waals surface area contributed by atoms with Crippen molar-refractivity contribution < 1.29 is 43.6 Å². The Morgan fingerprint density at radius 3 is 2.50 bits per heavy atom.